The molecule has 130 valence electrons. The summed E-state index contributed by atoms with van der Waals surface area (Å²) < 4.78 is 7.10. The molecule has 0 unspecified atom stereocenters. The van der Waals surface area contributed by atoms with Crippen molar-refractivity contribution in [3.8, 4) is 0 Å². The molecule has 1 aliphatic heterocycles. The van der Waals surface area contributed by atoms with Gasteiger partial charge in [-0.2, -0.15) is 4.79 Å². The predicted molar refractivity (Wildman–Crippen MR) is 101 cm³/mol. The highest BCUT2D eigenvalue weighted by molar-refractivity contribution is 6.16. The molecule has 0 aliphatic carbocycles. The topological polar surface area (TPSA) is 71.9 Å². The Labute approximate surface area is 153 Å². The van der Waals surface area contributed by atoms with E-state index in [2.05, 4.69) is 5.10 Å². The Morgan fingerprint density at radius 2 is 1.37 bits per heavy atom. The molecule has 6 nitrogen and oxygen atoms in total. The molecule has 0 N–H and O–H groups in total. The fraction of sp³-hybridized carbons (Fsp3) is 0. The van der Waals surface area contributed by atoms with Crippen LogP contribution in [0.4, 0.5) is 10.5 Å². The maximum atomic E-state index is 13.1. The number of amidine groups is 1. The highest BCUT2D eigenvalue weighted by atomic mass is 16.3. The van der Waals surface area contributed by atoms with Gasteiger partial charge in [0.25, 0.3) is 0 Å². The largest absolute Gasteiger partial charge is 0.824 e. The van der Waals surface area contributed by atoms with Gasteiger partial charge in [0.1, 0.15) is 16.9 Å². The van der Waals surface area contributed by atoms with E-state index in [-0.39, 0.29) is 0 Å². The molecule has 6 heteroatoms. The van der Waals surface area contributed by atoms with E-state index in [9.17, 15) is 9.90 Å². The fourth-order valence-electron chi connectivity index (χ4n) is 3.29. The van der Waals surface area contributed by atoms with Crippen molar-refractivity contribution in [3.05, 3.63) is 84.2 Å². The molecular formula is C21H13N3O3. The number of rotatable bonds is 1. The molecule has 0 saturated heterocycles. The lowest BCUT2D eigenvalue weighted by Crippen LogP contribution is -2.42. The summed E-state index contributed by atoms with van der Waals surface area (Å²) in [6, 6.07) is 22.4. The first-order valence-electron chi connectivity index (χ1n) is 8.42. The lowest BCUT2D eigenvalue weighted by Gasteiger charge is -2.10. The standard InChI is InChI=1S/C21H13N3O3/c25-20-22-24(21(26)23(20)14-8-2-1-3-9-14)19-15-10-4-6-12-17(15)27-18-13-7-5-11-16(18)19/h1-13H. The van der Waals surface area contributed by atoms with Crippen molar-refractivity contribution in [2.24, 2.45) is 5.10 Å². The first-order valence-corrected chi connectivity index (χ1v) is 8.42. The van der Waals surface area contributed by atoms with E-state index < -0.39 is 12.1 Å². The Balaban J connectivity index is 1.89. The first kappa shape index (κ1) is 15.3. The van der Waals surface area contributed by atoms with Gasteiger partial charge in [0.05, 0.1) is 10.8 Å². The summed E-state index contributed by atoms with van der Waals surface area (Å²) in [7, 11) is 0. The van der Waals surface area contributed by atoms with Crippen LogP contribution in [0.5, 0.6) is 0 Å². The number of para-hydroxylation sites is 3. The van der Waals surface area contributed by atoms with Crippen molar-refractivity contribution < 1.29 is 14.3 Å². The summed E-state index contributed by atoms with van der Waals surface area (Å²) in [6.45, 7) is 0. The third-order valence-electron chi connectivity index (χ3n) is 4.48. The zero-order valence-corrected chi connectivity index (χ0v) is 14.1. The molecular weight excluding hydrogens is 342 g/mol. The van der Waals surface area contributed by atoms with Crippen molar-refractivity contribution >= 4 is 39.7 Å². The minimum atomic E-state index is -0.625. The average molecular weight is 355 g/mol. The minimum Gasteiger partial charge on any atom is -0.824 e. The molecule has 4 aromatic rings. The van der Waals surface area contributed by atoms with E-state index in [1.54, 1.807) is 24.3 Å². The van der Waals surface area contributed by atoms with Gasteiger partial charge in [-0.25, -0.2) is 0 Å². The number of amides is 2. The normalized spacial score (nSPS) is 14.2. The summed E-state index contributed by atoms with van der Waals surface area (Å²) >= 11 is 0. The van der Waals surface area contributed by atoms with Crippen LogP contribution in [-0.4, -0.2) is 12.1 Å². The second kappa shape index (κ2) is 5.81. The van der Waals surface area contributed by atoms with Gasteiger partial charge in [-0.1, -0.05) is 47.1 Å². The van der Waals surface area contributed by atoms with Gasteiger partial charge in [0.15, 0.2) is 5.36 Å². The average Bonchev–Trinajstić information content (AvgIpc) is 3.00. The Kier molecular flexibility index (Phi) is 3.30. The van der Waals surface area contributed by atoms with E-state index in [0.717, 1.165) is 9.58 Å². The van der Waals surface area contributed by atoms with Gasteiger partial charge in [-0.15, -0.1) is 4.90 Å². The zero-order chi connectivity index (χ0) is 18.4. The monoisotopic (exact) mass is 355 g/mol. The quantitative estimate of drug-likeness (QED) is 0.389. The van der Waals surface area contributed by atoms with Crippen molar-refractivity contribution in [1.82, 2.24) is 4.68 Å². The molecule has 27 heavy (non-hydrogen) atoms. The first-order chi connectivity index (χ1) is 13.2. The molecule has 3 aromatic carbocycles. The van der Waals surface area contributed by atoms with Crippen LogP contribution < -0.4 is 20.0 Å². The van der Waals surface area contributed by atoms with Gasteiger partial charge in [-0.3, -0.25) is 0 Å². The number of hydrogen-bond donors (Lipinski definition) is 0. The third kappa shape index (κ3) is 2.31. The molecule has 1 aromatic heterocycles. The molecule has 2 amide bonds. The lowest BCUT2D eigenvalue weighted by molar-refractivity contribution is -0.216. The van der Waals surface area contributed by atoms with E-state index in [1.807, 2.05) is 54.6 Å². The number of hydrogen-bond acceptors (Lipinski definition) is 4. The molecule has 0 saturated carbocycles. The minimum absolute atomic E-state index is 0.480. The number of fused-ring (bicyclic) bond motifs is 2. The summed E-state index contributed by atoms with van der Waals surface area (Å²) in [5, 5.41) is 18.5. The van der Waals surface area contributed by atoms with Gasteiger partial charge in [0, 0.05) is 0 Å². The van der Waals surface area contributed by atoms with E-state index >= 15 is 0 Å². The van der Waals surface area contributed by atoms with Crippen LogP contribution in [0, 0.1) is 0 Å². The van der Waals surface area contributed by atoms with Crippen LogP contribution in [0.2, 0.25) is 0 Å². The van der Waals surface area contributed by atoms with Crippen LogP contribution in [0.25, 0.3) is 21.9 Å². The van der Waals surface area contributed by atoms with E-state index in [0.29, 0.717) is 33.0 Å². The highest BCUT2D eigenvalue weighted by Gasteiger charge is 2.37. The Morgan fingerprint density at radius 3 is 2.00 bits per heavy atom. The Morgan fingerprint density at radius 1 is 0.815 bits per heavy atom. The Hall–Kier alpha value is -3.93. The fourth-order valence-corrected chi connectivity index (χ4v) is 3.29. The van der Waals surface area contributed by atoms with Crippen molar-refractivity contribution in [2.45, 2.75) is 0 Å². The number of carbonyl (C=O) groups is 1. The summed E-state index contributed by atoms with van der Waals surface area (Å²) in [4.78, 5) is 14.2. The maximum absolute atomic E-state index is 13.1. The molecule has 0 radical (unpaired) electrons. The molecule has 1 aliphatic rings. The van der Waals surface area contributed by atoms with Crippen molar-refractivity contribution in [2.75, 3.05) is 4.90 Å². The molecule has 5 rings (SSSR count). The van der Waals surface area contributed by atoms with Crippen LogP contribution in [0.15, 0.2) is 88.4 Å². The molecule has 2 heterocycles. The number of nitrogens with zero attached hydrogens (tertiary/aromatic N) is 3. The number of hydrazone groups is 1. The second-order valence-corrected chi connectivity index (χ2v) is 6.09. The zero-order valence-electron chi connectivity index (χ0n) is 14.1. The van der Waals surface area contributed by atoms with Crippen LogP contribution in [-0.2, 0) is 0 Å². The smallest absolute Gasteiger partial charge is 0.530 e. The van der Waals surface area contributed by atoms with E-state index in [1.165, 1.54) is 0 Å². The van der Waals surface area contributed by atoms with Crippen molar-refractivity contribution in [3.63, 3.8) is 0 Å². The molecule has 0 bridgehead atoms. The molecule has 0 fully saturated rings. The molecule has 0 spiro atoms. The molecule has 0 atom stereocenters. The summed E-state index contributed by atoms with van der Waals surface area (Å²) in [6.07, 6.45) is 0. The van der Waals surface area contributed by atoms with Crippen LogP contribution in [0.3, 0.4) is 0 Å². The maximum Gasteiger partial charge on any atom is 0.530 e. The van der Waals surface area contributed by atoms with Gasteiger partial charge >= 0.3 is 6.03 Å². The Bertz CT molecular complexity index is 1250. The number of urea groups is 1. The van der Waals surface area contributed by atoms with E-state index in [4.69, 9.17) is 4.42 Å². The lowest BCUT2D eigenvalue weighted by atomic mass is 10.1. The summed E-state index contributed by atoms with van der Waals surface area (Å²) in [5.41, 5.74) is 1.70. The highest BCUT2D eigenvalue weighted by Crippen LogP contribution is 2.20. The van der Waals surface area contributed by atoms with Crippen LogP contribution in [0.1, 0.15) is 0 Å². The van der Waals surface area contributed by atoms with Crippen LogP contribution >= 0.6 is 0 Å². The third-order valence-corrected chi connectivity index (χ3v) is 4.48. The predicted octanol–water partition coefficient (Wildman–Crippen LogP) is 2.63. The van der Waals surface area contributed by atoms with Gasteiger partial charge in [0.2, 0.25) is 6.02 Å². The number of anilines is 1. The van der Waals surface area contributed by atoms with Crippen molar-refractivity contribution in [1.29, 1.82) is 0 Å². The van der Waals surface area contributed by atoms with Gasteiger partial charge in [-0.05, 0) is 41.5 Å². The summed E-state index contributed by atoms with van der Waals surface area (Å²) in [5.74, 6) is 0. The SMILES string of the molecule is O=C1N(c2ccccc2)C([O-])=N[N+]1=c1c2ccccc2oc2ccccc12. The van der Waals surface area contributed by atoms with Gasteiger partial charge < -0.3 is 9.52 Å². The number of benzene rings is 3. The number of carbonyl (C=O) groups excluding carboxylic acids is 1. The second-order valence-electron chi connectivity index (χ2n) is 6.09.